The van der Waals surface area contributed by atoms with Crippen molar-refractivity contribution in [3.8, 4) is 5.88 Å². The summed E-state index contributed by atoms with van der Waals surface area (Å²) >= 11 is 0. The third-order valence-electron chi connectivity index (χ3n) is 4.28. The zero-order chi connectivity index (χ0) is 18.4. The zero-order valence-electron chi connectivity index (χ0n) is 16.3. The van der Waals surface area contributed by atoms with Gasteiger partial charge in [0.25, 0.3) is 0 Å². The van der Waals surface area contributed by atoms with E-state index in [1.165, 1.54) is 5.57 Å². The number of pyridine rings is 1. The maximum Gasteiger partial charge on any atom is 0.213 e. The number of allylic oxidation sites excluding steroid dienone is 2. The average molecular weight is 343 g/mol. The van der Waals surface area contributed by atoms with Crippen LogP contribution in [0.15, 0.2) is 29.5 Å². The van der Waals surface area contributed by atoms with Gasteiger partial charge in [-0.2, -0.15) is 0 Å². The summed E-state index contributed by atoms with van der Waals surface area (Å²) in [6.45, 7) is 14.5. The number of aromatic nitrogens is 1. The van der Waals surface area contributed by atoms with Gasteiger partial charge in [0, 0.05) is 17.3 Å². The van der Waals surface area contributed by atoms with Crippen molar-refractivity contribution >= 4 is 5.70 Å². The summed E-state index contributed by atoms with van der Waals surface area (Å²) in [6, 6.07) is 4.01. The first kappa shape index (κ1) is 19.4. The molecule has 1 radical (unpaired) electrons. The van der Waals surface area contributed by atoms with Crippen LogP contribution in [0.4, 0.5) is 0 Å². The van der Waals surface area contributed by atoms with Crippen LogP contribution >= 0.6 is 0 Å². The summed E-state index contributed by atoms with van der Waals surface area (Å²) in [6.07, 6.45) is 5.48. The van der Waals surface area contributed by atoms with Crippen molar-refractivity contribution in [3.05, 3.63) is 47.3 Å². The number of dihydropyridines is 1. The first-order chi connectivity index (χ1) is 12.0. The maximum atomic E-state index is 6.07. The Labute approximate surface area is 152 Å². The quantitative estimate of drug-likeness (QED) is 0.708. The average Bonchev–Trinajstić information content (AvgIpc) is 2.59. The van der Waals surface area contributed by atoms with E-state index in [1.54, 1.807) is 0 Å². The summed E-state index contributed by atoms with van der Waals surface area (Å²) in [5.41, 5.74) is 4.38. The molecule has 1 aliphatic rings. The number of nitrogens with zero attached hydrogens (tertiary/aromatic N) is 1. The number of nitrogens with one attached hydrogen (secondary N) is 1. The predicted molar refractivity (Wildman–Crippen MR) is 103 cm³/mol. The molecule has 1 aromatic rings. The summed E-state index contributed by atoms with van der Waals surface area (Å²) < 4.78 is 11.8. The Morgan fingerprint density at radius 3 is 2.36 bits per heavy atom. The highest BCUT2D eigenvalue weighted by molar-refractivity contribution is 5.73. The Balaban J connectivity index is 2.28. The molecule has 0 unspecified atom stereocenters. The van der Waals surface area contributed by atoms with E-state index in [0.717, 1.165) is 42.0 Å². The molecule has 0 atom stereocenters. The SMILES string of the molecule is CCC1=C(c2ccc(OC(C)C)nc2C)N[CH]C(OC(CC)CC)=C1. The van der Waals surface area contributed by atoms with Crippen LogP contribution < -0.4 is 10.1 Å². The third-order valence-corrected chi connectivity index (χ3v) is 4.28. The number of ether oxygens (including phenoxy) is 2. The van der Waals surface area contributed by atoms with Crippen LogP contribution in [-0.2, 0) is 4.74 Å². The van der Waals surface area contributed by atoms with E-state index in [0.29, 0.717) is 5.88 Å². The van der Waals surface area contributed by atoms with Crippen molar-refractivity contribution in [2.45, 2.75) is 73.0 Å². The molecule has 4 heteroatoms. The Bertz CT molecular complexity index is 643. The maximum absolute atomic E-state index is 6.07. The van der Waals surface area contributed by atoms with Gasteiger partial charge in [-0.05, 0) is 57.7 Å². The molecule has 0 bridgehead atoms. The van der Waals surface area contributed by atoms with Gasteiger partial charge < -0.3 is 14.8 Å². The molecule has 4 nitrogen and oxygen atoms in total. The van der Waals surface area contributed by atoms with Crippen LogP contribution in [0.2, 0.25) is 0 Å². The highest BCUT2D eigenvalue weighted by Gasteiger charge is 2.19. The molecule has 0 fully saturated rings. The topological polar surface area (TPSA) is 43.4 Å². The molecule has 0 aliphatic carbocycles. The van der Waals surface area contributed by atoms with E-state index < -0.39 is 0 Å². The van der Waals surface area contributed by atoms with E-state index in [2.05, 4.69) is 43.2 Å². The number of hydrogen-bond acceptors (Lipinski definition) is 4. The molecule has 0 aromatic carbocycles. The molecule has 0 amide bonds. The van der Waals surface area contributed by atoms with Crippen LogP contribution in [0, 0.1) is 13.5 Å². The molecule has 0 saturated carbocycles. The molecule has 2 heterocycles. The molecule has 0 spiro atoms. The third kappa shape index (κ3) is 5.00. The van der Waals surface area contributed by atoms with E-state index >= 15 is 0 Å². The number of rotatable bonds is 8. The van der Waals surface area contributed by atoms with Crippen LogP contribution in [0.25, 0.3) is 5.70 Å². The minimum absolute atomic E-state index is 0.122. The fourth-order valence-electron chi connectivity index (χ4n) is 2.88. The fraction of sp³-hybridized carbons (Fsp3) is 0.524. The largest absolute Gasteiger partial charge is 0.493 e. The summed E-state index contributed by atoms with van der Waals surface area (Å²) in [7, 11) is 0. The second kappa shape index (κ2) is 8.93. The van der Waals surface area contributed by atoms with Crippen molar-refractivity contribution in [2.75, 3.05) is 0 Å². The van der Waals surface area contributed by atoms with E-state index in [4.69, 9.17) is 9.47 Å². The zero-order valence-corrected chi connectivity index (χ0v) is 16.3. The lowest BCUT2D eigenvalue weighted by Crippen LogP contribution is -2.21. The first-order valence-electron chi connectivity index (χ1n) is 9.34. The summed E-state index contributed by atoms with van der Waals surface area (Å²) in [5.74, 6) is 1.57. The number of aryl methyl sites for hydroxylation is 1. The Morgan fingerprint density at radius 1 is 1.08 bits per heavy atom. The van der Waals surface area contributed by atoms with Crippen molar-refractivity contribution in [1.82, 2.24) is 10.3 Å². The molecular formula is C21H31N2O2. The smallest absolute Gasteiger partial charge is 0.213 e. The minimum Gasteiger partial charge on any atom is -0.493 e. The fourth-order valence-corrected chi connectivity index (χ4v) is 2.88. The van der Waals surface area contributed by atoms with E-state index in [-0.39, 0.29) is 12.2 Å². The molecule has 25 heavy (non-hydrogen) atoms. The molecule has 1 aromatic heterocycles. The summed E-state index contributed by atoms with van der Waals surface area (Å²) in [5, 5.41) is 3.42. The standard InChI is InChI=1S/C21H31N2O2/c1-7-16-12-18(25-17(8-2)9-3)13-22-21(16)19-10-11-20(23-15(19)6)24-14(4)5/h10-14,17,22H,7-9H2,1-6H3. The van der Waals surface area contributed by atoms with Crippen molar-refractivity contribution in [2.24, 2.45) is 0 Å². The molecule has 0 saturated heterocycles. The molecule has 2 rings (SSSR count). The van der Waals surface area contributed by atoms with Gasteiger partial charge in [-0.1, -0.05) is 20.8 Å². The van der Waals surface area contributed by atoms with Crippen molar-refractivity contribution in [1.29, 1.82) is 0 Å². The van der Waals surface area contributed by atoms with Gasteiger partial charge in [-0.15, -0.1) is 0 Å². The van der Waals surface area contributed by atoms with Gasteiger partial charge in [0.2, 0.25) is 5.88 Å². The van der Waals surface area contributed by atoms with E-state index in [9.17, 15) is 0 Å². The van der Waals surface area contributed by atoms with Gasteiger partial charge >= 0.3 is 0 Å². The van der Waals surface area contributed by atoms with Crippen LogP contribution in [-0.4, -0.2) is 17.2 Å². The monoisotopic (exact) mass is 343 g/mol. The van der Waals surface area contributed by atoms with Crippen molar-refractivity contribution in [3.63, 3.8) is 0 Å². The lowest BCUT2D eigenvalue weighted by atomic mass is 10.00. The highest BCUT2D eigenvalue weighted by atomic mass is 16.5. The lowest BCUT2D eigenvalue weighted by Gasteiger charge is -2.25. The Kier molecular flexibility index (Phi) is 6.91. The number of hydrogen-bond donors (Lipinski definition) is 1. The van der Waals surface area contributed by atoms with Gasteiger partial charge in [0.05, 0.1) is 17.9 Å². The Hall–Kier alpha value is -1.97. The normalized spacial score (nSPS) is 14.6. The molecule has 1 N–H and O–H groups in total. The van der Waals surface area contributed by atoms with E-state index in [1.807, 2.05) is 33.4 Å². The van der Waals surface area contributed by atoms with Crippen LogP contribution in [0.1, 0.15) is 65.1 Å². The molecule has 1 aliphatic heterocycles. The summed E-state index contributed by atoms with van der Waals surface area (Å²) in [4.78, 5) is 4.59. The van der Waals surface area contributed by atoms with Gasteiger partial charge in [-0.25, -0.2) is 4.98 Å². The minimum atomic E-state index is 0.122. The van der Waals surface area contributed by atoms with Gasteiger partial charge in [0.1, 0.15) is 12.3 Å². The predicted octanol–water partition coefficient (Wildman–Crippen LogP) is 5.15. The second-order valence-electron chi connectivity index (χ2n) is 6.59. The van der Waals surface area contributed by atoms with Crippen LogP contribution in [0.5, 0.6) is 5.88 Å². The lowest BCUT2D eigenvalue weighted by molar-refractivity contribution is 0.112. The van der Waals surface area contributed by atoms with Crippen LogP contribution in [0.3, 0.4) is 0 Å². The van der Waals surface area contributed by atoms with Gasteiger partial charge in [-0.3, -0.25) is 0 Å². The molecular weight excluding hydrogens is 312 g/mol. The van der Waals surface area contributed by atoms with Gasteiger partial charge in [0.15, 0.2) is 0 Å². The van der Waals surface area contributed by atoms with Crippen molar-refractivity contribution < 1.29 is 9.47 Å². The second-order valence-corrected chi connectivity index (χ2v) is 6.59. The Morgan fingerprint density at radius 2 is 1.80 bits per heavy atom. The molecule has 137 valence electrons. The first-order valence-corrected chi connectivity index (χ1v) is 9.34. The highest BCUT2D eigenvalue weighted by Crippen LogP contribution is 2.29.